The lowest BCUT2D eigenvalue weighted by molar-refractivity contribution is -0.142. The van der Waals surface area contributed by atoms with Crippen molar-refractivity contribution in [3.63, 3.8) is 0 Å². The van der Waals surface area contributed by atoms with Gasteiger partial charge in [-0.05, 0) is 85.0 Å². The molecule has 0 saturated heterocycles. The minimum Gasteiger partial charge on any atom is -0.508 e. The number of rotatable bonds is 21. The lowest BCUT2D eigenvalue weighted by Crippen LogP contribution is -2.22. The molecule has 0 bridgehead atoms. The van der Waals surface area contributed by atoms with E-state index in [1.807, 2.05) is 12.1 Å². The van der Waals surface area contributed by atoms with Crippen molar-refractivity contribution in [2.75, 3.05) is 26.3 Å². The number of aliphatic hydroxyl groups is 1. The maximum Gasteiger partial charge on any atom is 0.303 e. The Balaban J connectivity index is 1.19. The number of unbranched alkanes of at least 4 members (excludes halogenated alkanes) is 4. The smallest absolute Gasteiger partial charge is 0.303 e. The summed E-state index contributed by atoms with van der Waals surface area (Å²) in [5, 5.41) is 32.5. The second-order valence-corrected chi connectivity index (χ2v) is 11.2. The maximum atomic E-state index is 11.0. The minimum atomic E-state index is -0.772. The number of phenolic OH excluding ortho intramolecular Hbond substituents is 1. The Morgan fingerprint density at radius 2 is 1.57 bits per heavy atom. The highest BCUT2D eigenvalue weighted by molar-refractivity contribution is 5.68. The Morgan fingerprint density at radius 3 is 2.32 bits per heavy atom. The number of aliphatic carboxylic acids is 1. The van der Waals surface area contributed by atoms with Gasteiger partial charge in [0.05, 0.1) is 6.10 Å². The van der Waals surface area contributed by atoms with Crippen LogP contribution in [0.3, 0.4) is 0 Å². The molecule has 0 aliphatic carbocycles. The Kier molecular flexibility index (Phi) is 15.4. The predicted octanol–water partition coefficient (Wildman–Crippen LogP) is 6.36. The lowest BCUT2D eigenvalue weighted by Gasteiger charge is -2.14. The van der Waals surface area contributed by atoms with Gasteiger partial charge in [0.1, 0.15) is 12.4 Å². The van der Waals surface area contributed by atoms with E-state index in [2.05, 4.69) is 41.7 Å². The fourth-order valence-electron chi connectivity index (χ4n) is 4.93. The van der Waals surface area contributed by atoms with Crippen LogP contribution in [0.25, 0.3) is 11.1 Å². The number of nitrogens with one attached hydrogen (secondary N) is 1. The molecule has 0 aliphatic heterocycles. The first kappa shape index (κ1) is 34.8. The number of benzene rings is 3. The van der Waals surface area contributed by atoms with E-state index in [9.17, 15) is 19.8 Å². The number of hydrogen-bond donors (Lipinski definition) is 4. The molecule has 8 heteroatoms. The SMILES string of the molecule is CC(=O)OCc1cc([C@@H](O)CNCCCCCCOCCCCc2cccc(-c3ccc(CCC(=O)O)cc3)c2)ccc1O. The quantitative estimate of drug-likeness (QED) is 0.0816. The molecule has 3 aromatic carbocycles. The predicted molar refractivity (Wildman–Crippen MR) is 171 cm³/mol. The van der Waals surface area contributed by atoms with Crippen molar-refractivity contribution in [3.8, 4) is 16.9 Å². The number of aromatic hydroxyl groups is 1. The normalized spacial score (nSPS) is 11.8. The van der Waals surface area contributed by atoms with Crippen LogP contribution in [0.2, 0.25) is 0 Å². The van der Waals surface area contributed by atoms with Crippen LogP contribution in [0.15, 0.2) is 66.7 Å². The molecular formula is C36H47NO7. The van der Waals surface area contributed by atoms with Crippen molar-refractivity contribution in [3.05, 3.63) is 89.0 Å². The number of carbonyl (C=O) groups is 2. The summed E-state index contributed by atoms with van der Waals surface area (Å²) in [4.78, 5) is 21.8. The van der Waals surface area contributed by atoms with Crippen molar-refractivity contribution >= 4 is 11.9 Å². The summed E-state index contributed by atoms with van der Waals surface area (Å²) in [5.41, 5.74) is 5.81. The van der Waals surface area contributed by atoms with Crippen LogP contribution in [0.4, 0.5) is 0 Å². The van der Waals surface area contributed by atoms with E-state index in [1.165, 1.54) is 24.1 Å². The average molecular weight is 606 g/mol. The van der Waals surface area contributed by atoms with Crippen molar-refractivity contribution < 1.29 is 34.4 Å². The molecule has 0 spiro atoms. The number of carboxylic acid groups (broad SMARTS) is 1. The maximum absolute atomic E-state index is 11.0. The number of aryl methyl sites for hydroxylation is 2. The van der Waals surface area contributed by atoms with Crippen LogP contribution in [0.1, 0.15) is 80.2 Å². The van der Waals surface area contributed by atoms with Gasteiger partial charge in [-0.2, -0.15) is 0 Å². The monoisotopic (exact) mass is 605 g/mol. The number of carbonyl (C=O) groups excluding carboxylic acids is 1. The van der Waals surface area contributed by atoms with E-state index in [0.29, 0.717) is 24.1 Å². The molecule has 0 radical (unpaired) electrons. The number of hydrogen-bond acceptors (Lipinski definition) is 7. The van der Waals surface area contributed by atoms with E-state index >= 15 is 0 Å². The van der Waals surface area contributed by atoms with Crippen molar-refractivity contribution in [1.82, 2.24) is 5.32 Å². The second kappa shape index (κ2) is 19.5. The third kappa shape index (κ3) is 13.3. The first-order valence-corrected chi connectivity index (χ1v) is 15.6. The van der Waals surface area contributed by atoms with E-state index in [-0.39, 0.29) is 18.8 Å². The van der Waals surface area contributed by atoms with Crippen LogP contribution in [-0.4, -0.2) is 53.6 Å². The molecule has 3 aromatic rings. The summed E-state index contributed by atoms with van der Waals surface area (Å²) in [7, 11) is 0. The van der Waals surface area contributed by atoms with Crippen LogP contribution in [0.5, 0.6) is 5.75 Å². The lowest BCUT2D eigenvalue weighted by atomic mass is 9.99. The zero-order chi connectivity index (χ0) is 31.6. The number of aliphatic hydroxyl groups excluding tert-OH is 1. The summed E-state index contributed by atoms with van der Waals surface area (Å²) < 4.78 is 10.8. The summed E-state index contributed by atoms with van der Waals surface area (Å²) in [5.74, 6) is -1.15. The van der Waals surface area contributed by atoms with Gasteiger partial charge in [-0.15, -0.1) is 0 Å². The summed E-state index contributed by atoms with van der Waals surface area (Å²) in [6.07, 6.45) is 7.37. The number of carboxylic acids is 1. The van der Waals surface area contributed by atoms with E-state index in [1.54, 1.807) is 12.1 Å². The van der Waals surface area contributed by atoms with Gasteiger partial charge < -0.3 is 30.1 Å². The van der Waals surface area contributed by atoms with Gasteiger partial charge >= 0.3 is 11.9 Å². The van der Waals surface area contributed by atoms with E-state index in [0.717, 1.165) is 75.8 Å². The van der Waals surface area contributed by atoms with Crippen LogP contribution >= 0.6 is 0 Å². The van der Waals surface area contributed by atoms with Gasteiger partial charge in [-0.25, -0.2) is 0 Å². The van der Waals surface area contributed by atoms with E-state index < -0.39 is 18.0 Å². The summed E-state index contributed by atoms with van der Waals surface area (Å²) >= 11 is 0. The Labute approximate surface area is 261 Å². The Hall–Kier alpha value is -3.72. The molecule has 0 fully saturated rings. The fourth-order valence-corrected chi connectivity index (χ4v) is 4.93. The molecule has 8 nitrogen and oxygen atoms in total. The van der Waals surface area contributed by atoms with Gasteiger partial charge in [0.15, 0.2) is 0 Å². The van der Waals surface area contributed by atoms with Crippen LogP contribution < -0.4 is 5.32 Å². The molecule has 4 N–H and O–H groups in total. The highest BCUT2D eigenvalue weighted by Crippen LogP contribution is 2.24. The first-order chi connectivity index (χ1) is 21.3. The topological polar surface area (TPSA) is 125 Å². The molecule has 1 atom stereocenters. The molecule has 0 aliphatic rings. The van der Waals surface area contributed by atoms with Crippen LogP contribution in [0, 0.1) is 0 Å². The molecule has 0 saturated carbocycles. The zero-order valence-electron chi connectivity index (χ0n) is 25.8. The van der Waals surface area contributed by atoms with Crippen molar-refractivity contribution in [1.29, 1.82) is 0 Å². The van der Waals surface area contributed by atoms with Gasteiger partial charge in [-0.3, -0.25) is 9.59 Å². The molecule has 0 amide bonds. The van der Waals surface area contributed by atoms with Crippen molar-refractivity contribution in [2.24, 2.45) is 0 Å². The fraction of sp³-hybridized carbons (Fsp3) is 0.444. The summed E-state index contributed by atoms with van der Waals surface area (Å²) in [6, 6.07) is 21.6. The summed E-state index contributed by atoms with van der Waals surface area (Å²) in [6.45, 7) is 4.07. The largest absolute Gasteiger partial charge is 0.508 e. The van der Waals surface area contributed by atoms with E-state index in [4.69, 9.17) is 14.6 Å². The molecule has 0 aromatic heterocycles. The third-order valence-corrected chi connectivity index (χ3v) is 7.50. The second-order valence-electron chi connectivity index (χ2n) is 11.2. The Morgan fingerprint density at radius 1 is 0.818 bits per heavy atom. The van der Waals surface area contributed by atoms with Crippen molar-refractivity contribution in [2.45, 2.75) is 77.4 Å². The average Bonchev–Trinajstić information content (AvgIpc) is 3.02. The number of phenols is 1. The minimum absolute atomic E-state index is 0.0230. The highest BCUT2D eigenvalue weighted by atomic mass is 16.5. The standard InChI is InChI=1S/C36H47NO7/c1-27(38)44-26-33-24-32(17-18-34(33)39)35(40)25-37-20-5-2-3-6-21-43-22-7-4-9-29-10-8-11-31(23-29)30-15-12-28(13-16-30)14-19-36(41)42/h8,10-13,15-18,23-24,35,37,39-40H,2-7,9,14,19-22,25-26H2,1H3,(H,41,42)/t35-/m0/s1. The van der Waals surface area contributed by atoms with Crippen LogP contribution in [-0.2, 0) is 38.5 Å². The Bertz CT molecular complexity index is 1290. The van der Waals surface area contributed by atoms with Gasteiger partial charge in [-0.1, -0.05) is 67.4 Å². The number of esters is 1. The molecule has 0 heterocycles. The third-order valence-electron chi connectivity index (χ3n) is 7.50. The molecule has 44 heavy (non-hydrogen) atoms. The molecular weight excluding hydrogens is 558 g/mol. The van der Waals surface area contributed by atoms with Gasteiger partial charge in [0.25, 0.3) is 0 Å². The molecule has 0 unspecified atom stereocenters. The molecule has 238 valence electrons. The number of ether oxygens (including phenoxy) is 2. The van der Waals surface area contributed by atoms with Gasteiger partial charge in [0, 0.05) is 38.7 Å². The highest BCUT2D eigenvalue weighted by Gasteiger charge is 2.11. The van der Waals surface area contributed by atoms with Gasteiger partial charge in [0.2, 0.25) is 0 Å². The zero-order valence-corrected chi connectivity index (χ0v) is 25.8. The first-order valence-electron chi connectivity index (χ1n) is 15.6. The molecule has 3 rings (SSSR count).